The van der Waals surface area contributed by atoms with Crippen LogP contribution in [-0.4, -0.2) is 68.2 Å². The number of aliphatic hydroxyl groups is 1. The van der Waals surface area contributed by atoms with E-state index in [2.05, 4.69) is 4.90 Å². The molecular weight excluding hydrogens is 400 g/mol. The number of hydrogen-bond acceptors (Lipinski definition) is 5. The lowest BCUT2D eigenvalue weighted by molar-refractivity contribution is 0.0568. The number of rotatable bonds is 8. The van der Waals surface area contributed by atoms with Gasteiger partial charge in [-0.2, -0.15) is 4.31 Å². The molecule has 1 heterocycles. The second-order valence-electron chi connectivity index (χ2n) is 7.69. The van der Waals surface area contributed by atoms with Crippen molar-refractivity contribution in [2.24, 2.45) is 0 Å². The minimum atomic E-state index is -3.45. The summed E-state index contributed by atoms with van der Waals surface area (Å²) in [7, 11) is -3.45. The summed E-state index contributed by atoms with van der Waals surface area (Å²) < 4.78 is 32.4. The van der Waals surface area contributed by atoms with Gasteiger partial charge in [-0.1, -0.05) is 42.5 Å². The highest BCUT2D eigenvalue weighted by molar-refractivity contribution is 7.92. The molecule has 2 aromatic carbocycles. The minimum Gasteiger partial charge on any atom is -0.491 e. The molecule has 162 valence electrons. The fourth-order valence-electron chi connectivity index (χ4n) is 3.38. The van der Waals surface area contributed by atoms with Crippen LogP contribution < -0.4 is 4.74 Å². The quantitative estimate of drug-likeness (QED) is 0.697. The Bertz CT molecular complexity index is 952. The fourth-order valence-corrected chi connectivity index (χ4v) is 4.55. The Labute approximate surface area is 179 Å². The summed E-state index contributed by atoms with van der Waals surface area (Å²) in [4.78, 5) is 2.07. The highest BCUT2D eigenvalue weighted by atomic mass is 32.2. The molecule has 0 amide bonds. The van der Waals surface area contributed by atoms with Crippen LogP contribution in [0, 0.1) is 13.8 Å². The Morgan fingerprint density at radius 3 is 2.47 bits per heavy atom. The molecule has 0 bridgehead atoms. The molecular formula is C23H30N2O4S. The van der Waals surface area contributed by atoms with E-state index in [-0.39, 0.29) is 6.61 Å². The van der Waals surface area contributed by atoms with Crippen molar-refractivity contribution in [2.45, 2.75) is 20.0 Å². The summed E-state index contributed by atoms with van der Waals surface area (Å²) in [5, 5.41) is 11.6. The zero-order valence-corrected chi connectivity index (χ0v) is 18.4. The molecule has 0 radical (unpaired) electrons. The van der Waals surface area contributed by atoms with E-state index < -0.39 is 16.1 Å². The lowest BCUT2D eigenvalue weighted by Crippen LogP contribution is -2.50. The van der Waals surface area contributed by atoms with Crippen molar-refractivity contribution in [3.63, 3.8) is 0 Å². The van der Waals surface area contributed by atoms with Crippen molar-refractivity contribution in [1.29, 1.82) is 0 Å². The number of benzene rings is 2. The highest BCUT2D eigenvalue weighted by Crippen LogP contribution is 2.19. The molecule has 1 atom stereocenters. The van der Waals surface area contributed by atoms with Gasteiger partial charge in [-0.05, 0) is 42.7 Å². The number of piperazine rings is 1. The molecule has 1 aliphatic heterocycles. The van der Waals surface area contributed by atoms with E-state index in [1.54, 1.807) is 6.08 Å². The number of ether oxygens (including phenoxy) is 1. The SMILES string of the molecule is Cc1ccc(C)c(OC[C@H](O)CN2CCN(S(=O)(=O)/C=C\c3ccccc3)CC2)c1. The molecule has 3 rings (SSSR count). The monoisotopic (exact) mass is 430 g/mol. The molecule has 1 saturated heterocycles. The van der Waals surface area contributed by atoms with Crippen LogP contribution in [0.2, 0.25) is 0 Å². The van der Waals surface area contributed by atoms with E-state index in [9.17, 15) is 13.5 Å². The van der Waals surface area contributed by atoms with Gasteiger partial charge >= 0.3 is 0 Å². The molecule has 2 aromatic rings. The van der Waals surface area contributed by atoms with Crippen LogP contribution in [0.5, 0.6) is 5.75 Å². The van der Waals surface area contributed by atoms with Crippen molar-refractivity contribution < 1.29 is 18.3 Å². The van der Waals surface area contributed by atoms with Crippen molar-refractivity contribution in [3.8, 4) is 5.75 Å². The molecule has 30 heavy (non-hydrogen) atoms. The number of β-amino-alcohol motifs (C(OH)–C–C–N with tert-alkyl or cyclic N) is 1. The first-order chi connectivity index (χ1) is 14.3. The maximum atomic E-state index is 12.6. The van der Waals surface area contributed by atoms with Gasteiger partial charge in [0.05, 0.1) is 0 Å². The number of nitrogens with zero attached hydrogens (tertiary/aromatic N) is 2. The van der Waals surface area contributed by atoms with Crippen molar-refractivity contribution in [1.82, 2.24) is 9.21 Å². The van der Waals surface area contributed by atoms with Gasteiger partial charge in [0.15, 0.2) is 0 Å². The fraction of sp³-hybridized carbons (Fsp3) is 0.391. The first-order valence-corrected chi connectivity index (χ1v) is 11.7. The van der Waals surface area contributed by atoms with Crippen molar-refractivity contribution >= 4 is 16.1 Å². The smallest absolute Gasteiger partial charge is 0.236 e. The van der Waals surface area contributed by atoms with Crippen LogP contribution in [0.4, 0.5) is 0 Å². The second-order valence-corrected chi connectivity index (χ2v) is 9.51. The van der Waals surface area contributed by atoms with Crippen LogP contribution in [0.15, 0.2) is 53.9 Å². The Morgan fingerprint density at radius 2 is 1.77 bits per heavy atom. The molecule has 1 fully saturated rings. The Balaban J connectivity index is 1.45. The van der Waals surface area contributed by atoms with Gasteiger partial charge in [-0.25, -0.2) is 8.42 Å². The average Bonchev–Trinajstić information content (AvgIpc) is 2.74. The maximum Gasteiger partial charge on any atom is 0.236 e. The molecule has 1 aliphatic rings. The van der Waals surface area contributed by atoms with Crippen LogP contribution >= 0.6 is 0 Å². The van der Waals surface area contributed by atoms with Crippen LogP contribution in [-0.2, 0) is 10.0 Å². The summed E-state index contributed by atoms with van der Waals surface area (Å²) in [6.07, 6.45) is 0.988. The normalized spacial score (nSPS) is 17.3. The minimum absolute atomic E-state index is 0.211. The molecule has 0 spiro atoms. The van der Waals surface area contributed by atoms with Crippen LogP contribution in [0.3, 0.4) is 0 Å². The van der Waals surface area contributed by atoms with E-state index in [0.29, 0.717) is 32.7 Å². The third-order valence-electron chi connectivity index (χ3n) is 5.17. The maximum absolute atomic E-state index is 12.6. The predicted molar refractivity (Wildman–Crippen MR) is 120 cm³/mol. The molecule has 0 aromatic heterocycles. The van der Waals surface area contributed by atoms with Crippen molar-refractivity contribution in [3.05, 3.63) is 70.6 Å². The molecule has 0 aliphatic carbocycles. The number of aliphatic hydroxyl groups excluding tert-OH is 1. The van der Waals surface area contributed by atoms with Gasteiger partial charge < -0.3 is 9.84 Å². The van der Waals surface area contributed by atoms with E-state index in [0.717, 1.165) is 22.4 Å². The lowest BCUT2D eigenvalue weighted by atomic mass is 10.1. The Morgan fingerprint density at radius 1 is 1.07 bits per heavy atom. The summed E-state index contributed by atoms with van der Waals surface area (Å²) in [5.41, 5.74) is 3.01. The molecule has 7 heteroatoms. The Hall–Kier alpha value is -2.19. The summed E-state index contributed by atoms with van der Waals surface area (Å²) in [5.74, 6) is 0.787. The van der Waals surface area contributed by atoms with Gasteiger partial charge in [0.2, 0.25) is 10.0 Å². The van der Waals surface area contributed by atoms with Gasteiger partial charge in [0.1, 0.15) is 18.5 Å². The molecule has 0 saturated carbocycles. The first kappa shape index (κ1) is 22.5. The molecule has 0 unspecified atom stereocenters. The third kappa shape index (κ3) is 6.40. The summed E-state index contributed by atoms with van der Waals surface area (Å²) in [6, 6.07) is 15.4. The Kier molecular flexibility index (Phi) is 7.66. The van der Waals surface area contributed by atoms with Crippen LogP contribution in [0.25, 0.3) is 6.08 Å². The van der Waals surface area contributed by atoms with E-state index in [1.807, 2.05) is 62.4 Å². The zero-order valence-electron chi connectivity index (χ0n) is 17.6. The summed E-state index contributed by atoms with van der Waals surface area (Å²) in [6.45, 7) is 6.63. The van der Waals surface area contributed by atoms with Gasteiger partial charge in [-0.15, -0.1) is 0 Å². The molecule has 1 N–H and O–H groups in total. The number of sulfonamides is 1. The van der Waals surface area contributed by atoms with Gasteiger partial charge in [0.25, 0.3) is 0 Å². The zero-order chi connectivity index (χ0) is 21.6. The van der Waals surface area contributed by atoms with Gasteiger partial charge in [0, 0.05) is 38.1 Å². The topological polar surface area (TPSA) is 70.1 Å². The van der Waals surface area contributed by atoms with E-state index >= 15 is 0 Å². The predicted octanol–water partition coefficient (Wildman–Crippen LogP) is 2.66. The number of hydrogen-bond donors (Lipinski definition) is 1. The van der Waals surface area contributed by atoms with Gasteiger partial charge in [-0.3, -0.25) is 4.90 Å². The van der Waals surface area contributed by atoms with E-state index in [4.69, 9.17) is 4.74 Å². The van der Waals surface area contributed by atoms with Crippen LogP contribution in [0.1, 0.15) is 16.7 Å². The largest absolute Gasteiger partial charge is 0.491 e. The average molecular weight is 431 g/mol. The number of aryl methyl sites for hydroxylation is 2. The standard InChI is InChI=1S/C23H30N2O4S/c1-19-8-9-20(2)23(16-19)29-18-22(26)17-24-11-13-25(14-12-24)30(27,28)15-10-21-6-4-3-5-7-21/h3-10,15-16,22,26H,11-14,17-18H2,1-2H3/b15-10-/t22-/m1/s1. The first-order valence-electron chi connectivity index (χ1n) is 10.2. The van der Waals surface area contributed by atoms with E-state index in [1.165, 1.54) is 9.71 Å². The highest BCUT2D eigenvalue weighted by Gasteiger charge is 2.26. The second kappa shape index (κ2) is 10.2. The third-order valence-corrected chi connectivity index (χ3v) is 6.73. The van der Waals surface area contributed by atoms with Crippen molar-refractivity contribution in [2.75, 3.05) is 39.3 Å². The molecule has 6 nitrogen and oxygen atoms in total. The summed E-state index contributed by atoms with van der Waals surface area (Å²) >= 11 is 0. The lowest BCUT2D eigenvalue weighted by Gasteiger charge is -2.34.